The molecule has 0 saturated heterocycles. The minimum Gasteiger partial charge on any atom is -0.489 e. The van der Waals surface area contributed by atoms with Gasteiger partial charge in [-0.2, -0.15) is 0 Å². The van der Waals surface area contributed by atoms with Gasteiger partial charge in [-0.15, -0.1) is 0 Å². The summed E-state index contributed by atoms with van der Waals surface area (Å²) < 4.78 is 18.6. The fraction of sp³-hybridized carbons (Fsp3) is 0.417. The number of likely N-dealkylation sites (N-methyl/N-ethyl adjacent to an activating group) is 1. The van der Waals surface area contributed by atoms with Gasteiger partial charge in [-0.05, 0) is 31.7 Å². The van der Waals surface area contributed by atoms with Crippen LogP contribution in [0.2, 0.25) is 0 Å². The van der Waals surface area contributed by atoms with Gasteiger partial charge >= 0.3 is 5.97 Å². The van der Waals surface area contributed by atoms with Crippen molar-refractivity contribution in [2.75, 3.05) is 26.7 Å². The average molecular weight is 241 g/mol. The fourth-order valence-corrected chi connectivity index (χ4v) is 1.34. The van der Waals surface area contributed by atoms with Crippen molar-refractivity contribution in [1.82, 2.24) is 4.90 Å². The molecule has 0 aliphatic carbocycles. The van der Waals surface area contributed by atoms with E-state index in [-0.39, 0.29) is 18.9 Å². The average Bonchev–Trinajstić information content (AvgIpc) is 2.20. The molecule has 1 rings (SSSR count). The van der Waals surface area contributed by atoms with E-state index < -0.39 is 11.8 Å². The van der Waals surface area contributed by atoms with Crippen LogP contribution in [0.5, 0.6) is 5.75 Å². The van der Waals surface area contributed by atoms with E-state index in [1.165, 1.54) is 6.07 Å². The number of aryl methyl sites for hydroxylation is 1. The first kappa shape index (κ1) is 13.4. The third-order valence-electron chi connectivity index (χ3n) is 2.22. The van der Waals surface area contributed by atoms with Crippen molar-refractivity contribution in [3.05, 3.63) is 29.6 Å². The molecule has 0 amide bonds. The van der Waals surface area contributed by atoms with Crippen LogP contribution < -0.4 is 4.74 Å². The molecule has 1 aromatic rings. The van der Waals surface area contributed by atoms with Crippen molar-refractivity contribution in [3.63, 3.8) is 0 Å². The zero-order valence-electron chi connectivity index (χ0n) is 9.94. The number of hydrogen-bond donors (Lipinski definition) is 1. The van der Waals surface area contributed by atoms with E-state index >= 15 is 0 Å². The lowest BCUT2D eigenvalue weighted by Gasteiger charge is -2.14. The molecule has 0 bridgehead atoms. The van der Waals surface area contributed by atoms with Crippen molar-refractivity contribution < 1.29 is 19.0 Å². The molecule has 0 aromatic heterocycles. The Balaban J connectivity index is 2.38. The number of rotatable bonds is 6. The maximum atomic E-state index is 13.4. The van der Waals surface area contributed by atoms with Crippen LogP contribution in [-0.4, -0.2) is 42.7 Å². The van der Waals surface area contributed by atoms with Crippen molar-refractivity contribution in [2.24, 2.45) is 0 Å². The van der Waals surface area contributed by atoms with Crippen LogP contribution in [0.15, 0.2) is 18.2 Å². The molecule has 0 aliphatic rings. The van der Waals surface area contributed by atoms with Crippen LogP contribution in [0.3, 0.4) is 0 Å². The highest BCUT2D eigenvalue weighted by molar-refractivity contribution is 5.68. The highest BCUT2D eigenvalue weighted by Crippen LogP contribution is 2.17. The number of hydrogen-bond acceptors (Lipinski definition) is 3. The summed E-state index contributed by atoms with van der Waals surface area (Å²) in [5.74, 6) is -1.10. The van der Waals surface area contributed by atoms with Gasteiger partial charge in [0.15, 0.2) is 11.6 Å². The van der Waals surface area contributed by atoms with Gasteiger partial charge in [-0.1, -0.05) is 6.07 Å². The quantitative estimate of drug-likeness (QED) is 0.820. The maximum Gasteiger partial charge on any atom is 0.317 e. The molecule has 0 atom stereocenters. The maximum absolute atomic E-state index is 13.4. The molecule has 0 radical (unpaired) electrons. The summed E-state index contributed by atoms with van der Waals surface area (Å²) in [6.07, 6.45) is 0. The number of nitrogens with zero attached hydrogens (tertiary/aromatic N) is 1. The zero-order chi connectivity index (χ0) is 12.8. The third-order valence-corrected chi connectivity index (χ3v) is 2.22. The van der Waals surface area contributed by atoms with E-state index in [0.717, 1.165) is 5.56 Å². The molecule has 5 heteroatoms. The van der Waals surface area contributed by atoms with E-state index in [4.69, 9.17) is 9.84 Å². The molecule has 0 saturated carbocycles. The Morgan fingerprint density at radius 1 is 1.53 bits per heavy atom. The lowest BCUT2D eigenvalue weighted by molar-refractivity contribution is -0.138. The van der Waals surface area contributed by atoms with E-state index in [1.807, 2.05) is 0 Å². The predicted molar refractivity (Wildman–Crippen MR) is 61.8 cm³/mol. The zero-order valence-corrected chi connectivity index (χ0v) is 9.94. The molecular formula is C12H16FNO3. The second kappa shape index (κ2) is 6.20. The van der Waals surface area contributed by atoms with Gasteiger partial charge < -0.3 is 9.84 Å². The Kier molecular flexibility index (Phi) is 4.90. The Morgan fingerprint density at radius 2 is 2.24 bits per heavy atom. The van der Waals surface area contributed by atoms with Crippen LogP contribution in [0, 0.1) is 12.7 Å². The Morgan fingerprint density at radius 3 is 2.82 bits per heavy atom. The molecule has 0 fully saturated rings. The van der Waals surface area contributed by atoms with Crippen molar-refractivity contribution in [1.29, 1.82) is 0 Å². The monoisotopic (exact) mass is 241 g/mol. The topological polar surface area (TPSA) is 49.8 Å². The summed E-state index contributed by atoms with van der Waals surface area (Å²) in [5.41, 5.74) is 0.831. The Hall–Kier alpha value is -1.62. The molecular weight excluding hydrogens is 225 g/mol. The van der Waals surface area contributed by atoms with Gasteiger partial charge in [0.05, 0.1) is 6.54 Å². The Bertz CT molecular complexity index is 395. The van der Waals surface area contributed by atoms with Crippen LogP contribution >= 0.6 is 0 Å². The second-order valence-corrected chi connectivity index (χ2v) is 3.91. The standard InChI is InChI=1S/C12H16FNO3/c1-9-3-4-11(10(13)7-9)17-6-5-14(2)8-12(15)16/h3-4,7H,5-6,8H2,1-2H3,(H,15,16). The highest BCUT2D eigenvalue weighted by atomic mass is 19.1. The van der Waals surface area contributed by atoms with Gasteiger partial charge in [-0.3, -0.25) is 9.69 Å². The predicted octanol–water partition coefficient (Wildman–Crippen LogP) is 1.53. The van der Waals surface area contributed by atoms with Crippen LogP contribution in [0.4, 0.5) is 4.39 Å². The first-order chi connectivity index (χ1) is 7.99. The van der Waals surface area contributed by atoms with E-state index in [2.05, 4.69) is 0 Å². The minimum atomic E-state index is -0.894. The van der Waals surface area contributed by atoms with Crippen molar-refractivity contribution in [2.45, 2.75) is 6.92 Å². The van der Waals surface area contributed by atoms with Crippen LogP contribution in [-0.2, 0) is 4.79 Å². The molecule has 1 aromatic carbocycles. The summed E-state index contributed by atoms with van der Waals surface area (Å²) in [4.78, 5) is 12.0. The van der Waals surface area contributed by atoms with Crippen LogP contribution in [0.1, 0.15) is 5.56 Å². The number of benzene rings is 1. The molecule has 0 aliphatic heterocycles. The van der Waals surface area contributed by atoms with Gasteiger partial charge in [0.25, 0.3) is 0 Å². The number of halogens is 1. The second-order valence-electron chi connectivity index (χ2n) is 3.91. The fourth-order valence-electron chi connectivity index (χ4n) is 1.34. The normalized spacial score (nSPS) is 10.6. The number of carbonyl (C=O) groups is 1. The third kappa shape index (κ3) is 4.82. The lowest BCUT2D eigenvalue weighted by Crippen LogP contribution is -2.29. The lowest BCUT2D eigenvalue weighted by atomic mass is 10.2. The number of aliphatic carboxylic acids is 1. The minimum absolute atomic E-state index is 0.0558. The summed E-state index contributed by atoms with van der Waals surface area (Å²) in [7, 11) is 1.67. The smallest absolute Gasteiger partial charge is 0.317 e. The first-order valence-corrected chi connectivity index (χ1v) is 5.28. The molecule has 0 unspecified atom stereocenters. The first-order valence-electron chi connectivity index (χ1n) is 5.28. The molecule has 17 heavy (non-hydrogen) atoms. The number of carboxylic acids is 1. The molecule has 94 valence electrons. The van der Waals surface area contributed by atoms with Gasteiger partial charge in [0, 0.05) is 6.54 Å². The van der Waals surface area contributed by atoms with Gasteiger partial charge in [0.2, 0.25) is 0 Å². The Labute approximate surface area is 99.6 Å². The largest absolute Gasteiger partial charge is 0.489 e. The summed E-state index contributed by atoms with van der Waals surface area (Å²) in [6.45, 7) is 2.43. The van der Waals surface area contributed by atoms with Crippen LogP contribution in [0.25, 0.3) is 0 Å². The van der Waals surface area contributed by atoms with Gasteiger partial charge in [0.1, 0.15) is 6.61 Å². The number of carboxylic acid groups (broad SMARTS) is 1. The summed E-state index contributed by atoms with van der Waals surface area (Å²) >= 11 is 0. The summed E-state index contributed by atoms with van der Waals surface area (Å²) in [6, 6.07) is 4.73. The SMILES string of the molecule is Cc1ccc(OCCN(C)CC(=O)O)c(F)c1. The van der Waals surface area contributed by atoms with E-state index in [1.54, 1.807) is 31.0 Å². The highest BCUT2D eigenvalue weighted by Gasteiger charge is 2.06. The molecule has 4 nitrogen and oxygen atoms in total. The van der Waals surface area contributed by atoms with Crippen molar-refractivity contribution in [3.8, 4) is 5.75 Å². The molecule has 1 N–H and O–H groups in total. The van der Waals surface area contributed by atoms with Crippen molar-refractivity contribution >= 4 is 5.97 Å². The molecule has 0 spiro atoms. The van der Waals surface area contributed by atoms with E-state index in [0.29, 0.717) is 6.54 Å². The number of ether oxygens (including phenoxy) is 1. The van der Waals surface area contributed by atoms with Gasteiger partial charge in [-0.25, -0.2) is 4.39 Å². The molecule has 0 heterocycles. The van der Waals surface area contributed by atoms with E-state index in [9.17, 15) is 9.18 Å². The summed E-state index contributed by atoms with van der Waals surface area (Å²) in [5, 5.41) is 8.53.